The van der Waals surface area contributed by atoms with Crippen LogP contribution in [0.5, 0.6) is 0 Å². The third-order valence-electron chi connectivity index (χ3n) is 4.31. The second-order valence-electron chi connectivity index (χ2n) is 6.66. The lowest BCUT2D eigenvalue weighted by atomic mass is 10.2. The molecule has 3 rings (SSSR count). The van der Waals surface area contributed by atoms with Crippen LogP contribution < -0.4 is 10.6 Å². The Morgan fingerprint density at radius 2 is 1.73 bits per heavy atom. The Labute approximate surface area is 191 Å². The summed E-state index contributed by atoms with van der Waals surface area (Å²) < 4.78 is 4.85. The van der Waals surface area contributed by atoms with E-state index in [1.165, 1.54) is 12.7 Å². The molecule has 30 heavy (non-hydrogen) atoms. The number of aryl methyl sites for hydroxylation is 2. The molecule has 4 nitrogen and oxygen atoms in total. The molecule has 3 aromatic rings. The molecule has 154 valence electrons. The molecule has 0 aromatic heterocycles. The summed E-state index contributed by atoms with van der Waals surface area (Å²) in [5.41, 5.74) is 4.13. The normalized spacial score (nSPS) is 10.4. The standard InChI is InChI=1S/C23H21ClN2O2S2/c1-14-4-8-18(9-5-14)30-21-11-6-16(22(27)28-3)13-20(21)26-23(29)25-17-7-10-19(24)15(2)12-17/h4-13H,1-3H3,(H2,25,26,29). The molecule has 0 bridgehead atoms. The summed E-state index contributed by atoms with van der Waals surface area (Å²) in [4.78, 5) is 14.0. The SMILES string of the molecule is COC(=O)c1ccc(Sc2ccc(C)cc2)c(NC(=S)Nc2ccc(Cl)c(C)c2)c1. The molecule has 7 heteroatoms. The number of nitrogens with one attached hydrogen (secondary N) is 2. The molecule has 0 heterocycles. The lowest BCUT2D eigenvalue weighted by Crippen LogP contribution is -2.20. The molecule has 0 unspecified atom stereocenters. The predicted octanol–water partition coefficient (Wildman–Crippen LogP) is 6.70. The molecular weight excluding hydrogens is 436 g/mol. The fourth-order valence-electron chi connectivity index (χ4n) is 2.70. The molecule has 0 aliphatic rings. The number of carbonyl (C=O) groups excluding carboxylic acids is 1. The topological polar surface area (TPSA) is 50.4 Å². The summed E-state index contributed by atoms with van der Waals surface area (Å²) in [6.07, 6.45) is 0. The number of hydrogen-bond donors (Lipinski definition) is 2. The van der Waals surface area contributed by atoms with Crippen LogP contribution in [0.25, 0.3) is 0 Å². The van der Waals surface area contributed by atoms with Gasteiger partial charge in [0.05, 0.1) is 18.4 Å². The van der Waals surface area contributed by atoms with Crippen LogP contribution >= 0.6 is 35.6 Å². The molecule has 0 amide bonds. The van der Waals surface area contributed by atoms with E-state index in [1.54, 1.807) is 23.9 Å². The van der Waals surface area contributed by atoms with E-state index in [9.17, 15) is 4.79 Å². The van der Waals surface area contributed by atoms with Crippen molar-refractivity contribution in [1.29, 1.82) is 0 Å². The third kappa shape index (κ3) is 5.75. The molecular formula is C23H21ClN2O2S2. The van der Waals surface area contributed by atoms with Crippen molar-refractivity contribution >= 4 is 58.0 Å². The van der Waals surface area contributed by atoms with Crippen molar-refractivity contribution in [2.24, 2.45) is 0 Å². The molecule has 0 radical (unpaired) electrons. The van der Waals surface area contributed by atoms with Crippen molar-refractivity contribution in [3.8, 4) is 0 Å². The van der Waals surface area contributed by atoms with Gasteiger partial charge in [0.25, 0.3) is 0 Å². The van der Waals surface area contributed by atoms with E-state index in [1.807, 2.05) is 31.2 Å². The van der Waals surface area contributed by atoms with Crippen LogP contribution in [0.4, 0.5) is 11.4 Å². The number of hydrogen-bond acceptors (Lipinski definition) is 4. The first-order valence-electron chi connectivity index (χ1n) is 9.17. The summed E-state index contributed by atoms with van der Waals surface area (Å²) in [5.74, 6) is -0.405. The maximum atomic E-state index is 12.0. The third-order valence-corrected chi connectivity index (χ3v) is 6.03. The van der Waals surface area contributed by atoms with Gasteiger partial charge in [0.1, 0.15) is 0 Å². The van der Waals surface area contributed by atoms with E-state index in [4.69, 9.17) is 28.6 Å². The molecule has 0 spiro atoms. The number of thiocarbonyl (C=S) groups is 1. The molecule has 0 aliphatic carbocycles. The first-order valence-corrected chi connectivity index (χ1v) is 10.8. The molecule has 0 fully saturated rings. The number of esters is 1. The molecule has 0 aliphatic heterocycles. The zero-order valence-electron chi connectivity index (χ0n) is 16.8. The van der Waals surface area contributed by atoms with E-state index < -0.39 is 5.97 Å². The van der Waals surface area contributed by atoms with E-state index in [0.29, 0.717) is 21.4 Å². The van der Waals surface area contributed by atoms with E-state index in [0.717, 1.165) is 21.0 Å². The van der Waals surface area contributed by atoms with Gasteiger partial charge in [-0.3, -0.25) is 0 Å². The average Bonchev–Trinajstić information content (AvgIpc) is 2.73. The van der Waals surface area contributed by atoms with Gasteiger partial charge in [-0.1, -0.05) is 41.1 Å². The molecule has 3 aromatic carbocycles. The van der Waals surface area contributed by atoms with E-state index in [-0.39, 0.29) is 0 Å². The zero-order valence-corrected chi connectivity index (χ0v) is 19.2. The highest BCUT2D eigenvalue weighted by atomic mass is 35.5. The highest BCUT2D eigenvalue weighted by Gasteiger charge is 2.13. The van der Waals surface area contributed by atoms with Gasteiger partial charge < -0.3 is 15.4 Å². The van der Waals surface area contributed by atoms with Gasteiger partial charge in [-0.2, -0.15) is 0 Å². The largest absolute Gasteiger partial charge is 0.465 e. The number of rotatable bonds is 5. The smallest absolute Gasteiger partial charge is 0.337 e. The van der Waals surface area contributed by atoms with E-state index >= 15 is 0 Å². The van der Waals surface area contributed by atoms with Crippen LogP contribution in [0, 0.1) is 13.8 Å². The first kappa shape index (κ1) is 22.2. The van der Waals surface area contributed by atoms with Gasteiger partial charge in [-0.05, 0) is 80.2 Å². The van der Waals surface area contributed by atoms with Crippen molar-refractivity contribution in [3.63, 3.8) is 0 Å². The Kier molecular flexibility index (Phi) is 7.37. The maximum absolute atomic E-state index is 12.0. The van der Waals surface area contributed by atoms with Crippen LogP contribution in [0.2, 0.25) is 5.02 Å². The van der Waals surface area contributed by atoms with Gasteiger partial charge in [0.15, 0.2) is 5.11 Å². The van der Waals surface area contributed by atoms with Gasteiger partial charge in [-0.25, -0.2) is 4.79 Å². The van der Waals surface area contributed by atoms with Crippen LogP contribution in [-0.2, 0) is 4.74 Å². The second-order valence-corrected chi connectivity index (χ2v) is 8.59. The number of carbonyl (C=O) groups is 1. The maximum Gasteiger partial charge on any atom is 0.337 e. The van der Waals surface area contributed by atoms with Crippen LogP contribution in [0.3, 0.4) is 0 Å². The quantitative estimate of drug-likeness (QED) is 0.329. The number of methoxy groups -OCH3 is 1. The Morgan fingerprint density at radius 1 is 1.00 bits per heavy atom. The monoisotopic (exact) mass is 456 g/mol. The summed E-state index contributed by atoms with van der Waals surface area (Å²) in [6.45, 7) is 3.98. The number of anilines is 2. The second kappa shape index (κ2) is 9.98. The minimum absolute atomic E-state index is 0.405. The Balaban J connectivity index is 1.85. The van der Waals surface area contributed by atoms with Gasteiger partial charge >= 0.3 is 5.97 Å². The van der Waals surface area contributed by atoms with Gasteiger partial charge in [0, 0.05) is 20.5 Å². The summed E-state index contributed by atoms with van der Waals surface area (Å²) >= 11 is 13.2. The van der Waals surface area contributed by atoms with Crippen LogP contribution in [0.1, 0.15) is 21.5 Å². The molecule has 2 N–H and O–H groups in total. The Hall–Kier alpha value is -2.54. The summed E-state index contributed by atoms with van der Waals surface area (Å²) in [5, 5.41) is 7.46. The van der Waals surface area contributed by atoms with Crippen LogP contribution in [-0.4, -0.2) is 18.2 Å². The van der Waals surface area contributed by atoms with E-state index in [2.05, 4.69) is 41.8 Å². The number of halogens is 1. The fourth-order valence-corrected chi connectivity index (χ4v) is 3.93. The highest BCUT2D eigenvalue weighted by Crippen LogP contribution is 2.34. The molecule has 0 saturated carbocycles. The fraction of sp³-hybridized carbons (Fsp3) is 0.130. The van der Waals surface area contributed by atoms with Crippen molar-refractivity contribution in [2.45, 2.75) is 23.6 Å². The molecule has 0 saturated heterocycles. The van der Waals surface area contributed by atoms with Gasteiger partial charge in [-0.15, -0.1) is 0 Å². The van der Waals surface area contributed by atoms with Crippen molar-refractivity contribution in [1.82, 2.24) is 0 Å². The lowest BCUT2D eigenvalue weighted by Gasteiger charge is -2.15. The van der Waals surface area contributed by atoms with Gasteiger partial charge in [0.2, 0.25) is 0 Å². The zero-order chi connectivity index (χ0) is 21.7. The van der Waals surface area contributed by atoms with Crippen molar-refractivity contribution in [2.75, 3.05) is 17.7 Å². The number of ether oxygens (including phenoxy) is 1. The number of benzene rings is 3. The summed E-state index contributed by atoms with van der Waals surface area (Å²) in [7, 11) is 1.36. The highest BCUT2D eigenvalue weighted by molar-refractivity contribution is 7.99. The van der Waals surface area contributed by atoms with Crippen molar-refractivity contribution in [3.05, 3.63) is 82.4 Å². The Bertz CT molecular complexity index is 1090. The van der Waals surface area contributed by atoms with Crippen molar-refractivity contribution < 1.29 is 9.53 Å². The summed E-state index contributed by atoms with van der Waals surface area (Å²) in [6, 6.07) is 19.2. The lowest BCUT2D eigenvalue weighted by molar-refractivity contribution is 0.0600. The molecule has 0 atom stereocenters. The minimum atomic E-state index is -0.405. The predicted molar refractivity (Wildman–Crippen MR) is 129 cm³/mol. The average molecular weight is 457 g/mol. The first-order chi connectivity index (χ1) is 14.4. The Morgan fingerprint density at radius 3 is 2.40 bits per heavy atom. The minimum Gasteiger partial charge on any atom is -0.465 e. The van der Waals surface area contributed by atoms with Crippen LogP contribution in [0.15, 0.2) is 70.5 Å².